The van der Waals surface area contributed by atoms with Gasteiger partial charge in [-0.25, -0.2) is 18.5 Å². The molecule has 3 aliphatic rings. The van der Waals surface area contributed by atoms with E-state index < -0.39 is 23.1 Å². The Kier molecular flexibility index (Phi) is 4.65. The summed E-state index contributed by atoms with van der Waals surface area (Å²) in [6.07, 6.45) is 4.55. The highest BCUT2D eigenvalue weighted by Gasteiger charge is 2.36. The van der Waals surface area contributed by atoms with Crippen molar-refractivity contribution >= 4 is 34.2 Å². The molecule has 0 spiro atoms. The van der Waals surface area contributed by atoms with Gasteiger partial charge in [0.2, 0.25) is 0 Å². The third-order valence-electron chi connectivity index (χ3n) is 6.55. The lowest BCUT2D eigenvalue weighted by Crippen LogP contribution is -2.35. The summed E-state index contributed by atoms with van der Waals surface area (Å²) >= 11 is 0. The van der Waals surface area contributed by atoms with E-state index in [1.807, 2.05) is 0 Å². The summed E-state index contributed by atoms with van der Waals surface area (Å²) in [7, 11) is -4.60. The Bertz CT molecular complexity index is 1210. The van der Waals surface area contributed by atoms with Crippen LogP contribution in [-0.2, 0) is 45.9 Å². The molecular weight excluding hydrogens is 415 g/mol. The minimum absolute atomic E-state index is 0.0418. The van der Waals surface area contributed by atoms with E-state index in [-0.39, 0.29) is 16.9 Å². The molecular formula is C21H25BN4O4S. The number of nitrogens with one attached hydrogen (secondary N) is 3. The molecule has 162 valence electrons. The third-order valence-corrected chi connectivity index (χ3v) is 7.94. The predicted octanol–water partition coefficient (Wildman–Crippen LogP) is 2.15. The van der Waals surface area contributed by atoms with Gasteiger partial charge in [0, 0.05) is 11.1 Å². The molecule has 1 aliphatic heterocycles. The first-order valence-electron chi connectivity index (χ1n) is 10.5. The Balaban J connectivity index is 1.42. The number of benzene rings is 1. The van der Waals surface area contributed by atoms with Crippen molar-refractivity contribution in [2.75, 3.05) is 5.32 Å². The summed E-state index contributed by atoms with van der Waals surface area (Å²) < 4.78 is 28.8. The summed E-state index contributed by atoms with van der Waals surface area (Å²) in [4.78, 5) is 17.9. The van der Waals surface area contributed by atoms with Crippen molar-refractivity contribution in [3.63, 3.8) is 0 Å². The summed E-state index contributed by atoms with van der Waals surface area (Å²) in [6.45, 7) is 4.52. The Morgan fingerprint density at radius 2 is 2.10 bits per heavy atom. The number of hydrogen-bond donors (Lipinski definition) is 4. The van der Waals surface area contributed by atoms with Crippen LogP contribution < -0.4 is 15.5 Å². The average Bonchev–Trinajstić information content (AvgIpc) is 3.40. The highest BCUT2D eigenvalue weighted by atomic mass is 32.2. The second-order valence-corrected chi connectivity index (χ2v) is 10.9. The van der Waals surface area contributed by atoms with Crippen molar-refractivity contribution in [1.29, 1.82) is 4.78 Å². The zero-order valence-corrected chi connectivity index (χ0v) is 18.4. The van der Waals surface area contributed by atoms with E-state index in [2.05, 4.69) is 23.9 Å². The number of aryl methyl sites for hydroxylation is 1. The van der Waals surface area contributed by atoms with Gasteiger partial charge in [0.15, 0.2) is 9.92 Å². The molecule has 4 N–H and O–H groups in total. The molecule has 0 saturated heterocycles. The van der Waals surface area contributed by atoms with Crippen LogP contribution in [0, 0.1) is 4.78 Å². The number of carbonyl (C=O) groups is 1. The SMILES string of the molecule is CC1(C)CCc2c1nc1c(c2NC(=O)NS(=N)(=O)c2ccc3c(c2)COB3O)CCC1. The van der Waals surface area contributed by atoms with Crippen LogP contribution in [0.3, 0.4) is 0 Å². The molecule has 31 heavy (non-hydrogen) atoms. The average molecular weight is 440 g/mol. The molecule has 2 heterocycles. The minimum Gasteiger partial charge on any atom is -0.423 e. The van der Waals surface area contributed by atoms with Gasteiger partial charge >= 0.3 is 13.1 Å². The van der Waals surface area contributed by atoms with Gasteiger partial charge < -0.3 is 15.0 Å². The zero-order chi connectivity index (χ0) is 22.0. The first kappa shape index (κ1) is 20.5. The van der Waals surface area contributed by atoms with Crippen LogP contribution in [0.2, 0.25) is 0 Å². The Hall–Kier alpha value is -2.43. The van der Waals surface area contributed by atoms with Crippen LogP contribution in [0.1, 0.15) is 54.8 Å². The highest BCUT2D eigenvalue weighted by Crippen LogP contribution is 2.44. The monoisotopic (exact) mass is 440 g/mol. The van der Waals surface area contributed by atoms with Crippen LogP contribution in [0.25, 0.3) is 0 Å². The summed E-state index contributed by atoms with van der Waals surface area (Å²) in [5, 5.41) is 12.7. The van der Waals surface area contributed by atoms with E-state index >= 15 is 0 Å². The van der Waals surface area contributed by atoms with Gasteiger partial charge in [-0.15, -0.1) is 0 Å². The van der Waals surface area contributed by atoms with Crippen molar-refractivity contribution in [1.82, 2.24) is 9.71 Å². The molecule has 2 amide bonds. The fraction of sp³-hybridized carbons (Fsp3) is 0.429. The quantitative estimate of drug-likeness (QED) is 0.545. The topological polar surface area (TPSA) is 124 Å². The van der Waals surface area contributed by atoms with Gasteiger partial charge in [0.1, 0.15) is 0 Å². The number of urea groups is 1. The Morgan fingerprint density at radius 1 is 1.29 bits per heavy atom. The second-order valence-electron chi connectivity index (χ2n) is 9.11. The van der Waals surface area contributed by atoms with Crippen molar-refractivity contribution in [2.24, 2.45) is 0 Å². The van der Waals surface area contributed by atoms with E-state index in [1.54, 1.807) is 12.1 Å². The summed E-state index contributed by atoms with van der Waals surface area (Å²) in [6, 6.07) is 3.95. The molecule has 2 aromatic rings. The summed E-state index contributed by atoms with van der Waals surface area (Å²) in [5.74, 6) is 0. The number of hydrogen-bond acceptors (Lipinski definition) is 6. The van der Waals surface area contributed by atoms with Gasteiger partial charge in [0.05, 0.1) is 22.9 Å². The summed E-state index contributed by atoms with van der Waals surface area (Å²) in [5.41, 5.74) is 6.18. The van der Waals surface area contributed by atoms with Crippen LogP contribution in [0.5, 0.6) is 0 Å². The van der Waals surface area contributed by atoms with Crippen molar-refractivity contribution in [3.05, 3.63) is 46.3 Å². The lowest BCUT2D eigenvalue weighted by Gasteiger charge is -2.21. The molecule has 5 rings (SSSR count). The number of carbonyl (C=O) groups excluding carboxylic acids is 1. The molecule has 0 saturated carbocycles. The molecule has 0 radical (unpaired) electrons. The Labute approximate surface area is 182 Å². The first-order chi connectivity index (χ1) is 14.7. The standard InChI is InChI=1S/C21H25BN4O4S/c1-21(2)9-8-15-18(14-4-3-5-17(14)24-19(15)21)25-20(27)26-31(23,29)13-6-7-16-12(10-13)11-30-22(16)28/h6-7,10,28H,3-5,8-9,11H2,1-2H3,(H3,23,24,25,26,27,29). The minimum atomic E-state index is -3.58. The molecule has 2 aliphatic carbocycles. The van der Waals surface area contributed by atoms with Crippen LogP contribution in [-0.4, -0.2) is 27.4 Å². The van der Waals surface area contributed by atoms with Gasteiger partial charge in [-0.05, 0) is 66.4 Å². The molecule has 8 nitrogen and oxygen atoms in total. The van der Waals surface area contributed by atoms with Gasteiger partial charge in [-0.2, -0.15) is 0 Å². The number of anilines is 1. The smallest absolute Gasteiger partial charge is 0.423 e. The van der Waals surface area contributed by atoms with Gasteiger partial charge in [-0.3, -0.25) is 4.98 Å². The molecule has 0 fully saturated rings. The zero-order valence-electron chi connectivity index (χ0n) is 17.6. The van der Waals surface area contributed by atoms with Gasteiger partial charge in [0.25, 0.3) is 0 Å². The third kappa shape index (κ3) is 3.42. The van der Waals surface area contributed by atoms with Crippen molar-refractivity contribution in [3.8, 4) is 0 Å². The number of fused-ring (bicyclic) bond motifs is 3. The maximum absolute atomic E-state index is 13.0. The molecule has 1 aromatic carbocycles. The lowest BCUT2D eigenvalue weighted by atomic mass is 9.80. The van der Waals surface area contributed by atoms with Crippen molar-refractivity contribution in [2.45, 2.75) is 62.9 Å². The predicted molar refractivity (Wildman–Crippen MR) is 118 cm³/mol. The van der Waals surface area contributed by atoms with E-state index in [1.165, 1.54) is 6.07 Å². The maximum Gasteiger partial charge on any atom is 0.491 e. The number of aromatic nitrogens is 1. The van der Waals surface area contributed by atoms with E-state index in [9.17, 15) is 14.0 Å². The number of nitrogens with zero attached hydrogens (tertiary/aromatic N) is 1. The Morgan fingerprint density at radius 3 is 2.90 bits per heavy atom. The fourth-order valence-corrected chi connectivity index (χ4v) is 5.85. The van der Waals surface area contributed by atoms with Gasteiger partial charge in [-0.1, -0.05) is 19.9 Å². The van der Waals surface area contributed by atoms with E-state index in [4.69, 9.17) is 14.4 Å². The fourth-order valence-electron chi connectivity index (χ4n) is 4.85. The second kappa shape index (κ2) is 7.05. The first-order valence-corrected chi connectivity index (χ1v) is 12.1. The molecule has 1 unspecified atom stereocenters. The molecule has 1 aromatic heterocycles. The van der Waals surface area contributed by atoms with Crippen LogP contribution in [0.15, 0.2) is 23.1 Å². The molecule has 0 bridgehead atoms. The molecule has 1 atom stereocenters. The maximum atomic E-state index is 13.0. The normalized spacial score (nSPS) is 20.0. The molecule has 10 heteroatoms. The number of rotatable bonds is 3. The largest absolute Gasteiger partial charge is 0.491 e. The van der Waals surface area contributed by atoms with E-state index in [0.717, 1.165) is 60.3 Å². The van der Waals surface area contributed by atoms with E-state index in [0.29, 0.717) is 11.0 Å². The van der Waals surface area contributed by atoms with Crippen LogP contribution >= 0.6 is 0 Å². The number of pyridine rings is 1. The lowest BCUT2D eigenvalue weighted by molar-refractivity contribution is 0.256. The van der Waals surface area contributed by atoms with Crippen molar-refractivity contribution < 1.29 is 18.7 Å². The van der Waals surface area contributed by atoms with Crippen LogP contribution in [0.4, 0.5) is 10.5 Å². The highest BCUT2D eigenvalue weighted by molar-refractivity contribution is 7.91. The number of amides is 2.